The second kappa shape index (κ2) is 18.0. The van der Waals surface area contributed by atoms with Gasteiger partial charge in [0.25, 0.3) is 0 Å². The van der Waals surface area contributed by atoms with Crippen LogP contribution in [0.2, 0.25) is 0 Å². The van der Waals surface area contributed by atoms with Crippen LogP contribution in [-0.4, -0.2) is 0 Å². The SMILES string of the molecule is Cc1cccc(C)c1OP(=O)(Oc1ccc(C2(c3ccc(OP(=O)(Oc4c(C)cccc4C)Oc4c(C)cccc4C)cc3)CC(C)CC(C)(C)C2)cc1)Oc1c(C)cccc1C. The van der Waals surface area contributed by atoms with E-state index in [2.05, 4.69) is 45.0 Å². The summed E-state index contributed by atoms with van der Waals surface area (Å²) in [4.78, 5) is 0. The van der Waals surface area contributed by atoms with Crippen LogP contribution in [0, 0.1) is 66.7 Å². The van der Waals surface area contributed by atoms with Crippen molar-refractivity contribution in [3.05, 3.63) is 177 Å². The zero-order valence-electron chi connectivity index (χ0n) is 38.4. The van der Waals surface area contributed by atoms with E-state index in [-0.39, 0.29) is 5.41 Å². The number of phosphoric acid groups is 2. The Morgan fingerprint density at radius 3 is 0.937 bits per heavy atom. The van der Waals surface area contributed by atoms with Crippen molar-refractivity contribution in [1.82, 2.24) is 0 Å². The Hall–Kier alpha value is -5.42. The summed E-state index contributed by atoms with van der Waals surface area (Å²) >= 11 is 0. The fourth-order valence-corrected chi connectivity index (χ4v) is 12.5. The standard InChI is InChI=1S/C53H60O8P2/c1-35-32-52(10,11)34-53(33-35,44-24-28-46(29-25-44)56-62(54,58-48-36(2)16-12-17-37(48)3)59-49-38(4)18-13-19-39(49)5)45-26-30-47(31-27-45)57-63(55,60-50-40(6)20-14-21-41(50)7)61-51-42(8)22-15-23-43(51)9/h12-31,35H,32-34H2,1-11H3. The topological polar surface area (TPSA) is 89.5 Å². The lowest BCUT2D eigenvalue weighted by Crippen LogP contribution is -2.41. The highest BCUT2D eigenvalue weighted by atomic mass is 31.2. The van der Waals surface area contributed by atoms with Gasteiger partial charge < -0.3 is 27.1 Å². The molecule has 6 aromatic carbocycles. The number of benzene rings is 6. The Balaban J connectivity index is 1.23. The van der Waals surface area contributed by atoms with Gasteiger partial charge in [0.2, 0.25) is 0 Å². The van der Waals surface area contributed by atoms with Gasteiger partial charge in [0.05, 0.1) is 0 Å². The Morgan fingerprint density at radius 2 is 0.683 bits per heavy atom. The third-order valence-corrected chi connectivity index (χ3v) is 14.6. The molecule has 0 aliphatic heterocycles. The van der Waals surface area contributed by atoms with Gasteiger partial charge in [0.15, 0.2) is 0 Å². The van der Waals surface area contributed by atoms with Crippen molar-refractivity contribution < 1.29 is 36.3 Å². The Morgan fingerprint density at radius 1 is 0.413 bits per heavy atom. The van der Waals surface area contributed by atoms with Gasteiger partial charge in [-0.15, -0.1) is 0 Å². The molecule has 10 heteroatoms. The summed E-state index contributed by atoms with van der Waals surface area (Å²) in [7, 11) is -8.56. The van der Waals surface area contributed by atoms with Gasteiger partial charge in [-0.1, -0.05) is 118 Å². The lowest BCUT2D eigenvalue weighted by atomic mass is 9.55. The van der Waals surface area contributed by atoms with Crippen molar-refractivity contribution in [2.24, 2.45) is 11.3 Å². The summed E-state index contributed by atoms with van der Waals surface area (Å²) in [5, 5.41) is 0. The van der Waals surface area contributed by atoms with Crippen LogP contribution >= 0.6 is 15.6 Å². The first-order valence-electron chi connectivity index (χ1n) is 21.6. The zero-order chi connectivity index (χ0) is 45.3. The lowest BCUT2D eigenvalue weighted by molar-refractivity contribution is 0.127. The molecule has 7 rings (SSSR count). The van der Waals surface area contributed by atoms with Gasteiger partial charge >= 0.3 is 15.6 Å². The van der Waals surface area contributed by atoms with Crippen LogP contribution in [0.15, 0.2) is 121 Å². The molecule has 1 aliphatic rings. The molecule has 1 saturated carbocycles. The van der Waals surface area contributed by atoms with Crippen molar-refractivity contribution in [3.8, 4) is 34.5 Å². The molecule has 0 N–H and O–H groups in total. The van der Waals surface area contributed by atoms with E-state index in [0.717, 1.165) is 74.9 Å². The number of hydrogen-bond acceptors (Lipinski definition) is 8. The normalized spacial score (nSPS) is 15.9. The average Bonchev–Trinajstić information content (AvgIpc) is 3.21. The average molecular weight is 887 g/mol. The molecule has 1 fully saturated rings. The summed E-state index contributed by atoms with van der Waals surface area (Å²) in [6.45, 7) is 22.2. The van der Waals surface area contributed by atoms with E-state index in [1.165, 1.54) is 0 Å². The minimum absolute atomic E-state index is 0.0182. The second-order valence-corrected chi connectivity index (χ2v) is 21.2. The van der Waals surface area contributed by atoms with Crippen molar-refractivity contribution in [3.63, 3.8) is 0 Å². The van der Waals surface area contributed by atoms with E-state index in [0.29, 0.717) is 40.4 Å². The molecule has 330 valence electrons. The maximum absolute atomic E-state index is 14.8. The summed E-state index contributed by atoms with van der Waals surface area (Å²) in [5.74, 6) is 2.94. The van der Waals surface area contributed by atoms with Crippen LogP contribution in [0.3, 0.4) is 0 Å². The van der Waals surface area contributed by atoms with Crippen LogP contribution in [0.5, 0.6) is 34.5 Å². The van der Waals surface area contributed by atoms with Crippen LogP contribution < -0.4 is 27.1 Å². The van der Waals surface area contributed by atoms with E-state index in [9.17, 15) is 9.13 Å². The van der Waals surface area contributed by atoms with E-state index in [4.69, 9.17) is 27.1 Å². The lowest BCUT2D eigenvalue weighted by Gasteiger charge is -2.48. The highest BCUT2D eigenvalue weighted by Gasteiger charge is 2.46. The Bertz CT molecular complexity index is 2340. The maximum atomic E-state index is 14.8. The molecule has 63 heavy (non-hydrogen) atoms. The Kier molecular flexibility index (Phi) is 13.0. The third-order valence-electron chi connectivity index (χ3n) is 12.1. The summed E-state index contributed by atoms with van der Waals surface area (Å²) in [6, 6.07) is 38.6. The number of hydrogen-bond donors (Lipinski definition) is 0. The molecule has 1 unspecified atom stereocenters. The van der Waals surface area contributed by atoms with Gasteiger partial charge in [-0.2, -0.15) is 9.13 Å². The maximum Gasteiger partial charge on any atom is 0.647 e. The van der Waals surface area contributed by atoms with E-state index in [1.54, 1.807) is 0 Å². The summed E-state index contributed by atoms with van der Waals surface area (Å²) in [5.41, 5.74) is 8.33. The van der Waals surface area contributed by atoms with Gasteiger partial charge in [0.1, 0.15) is 34.5 Å². The largest absolute Gasteiger partial charge is 0.647 e. The van der Waals surface area contributed by atoms with Crippen LogP contribution in [0.4, 0.5) is 0 Å². The first kappa shape index (κ1) is 45.6. The molecular weight excluding hydrogens is 827 g/mol. The molecule has 0 spiro atoms. The minimum Gasteiger partial charge on any atom is -0.386 e. The van der Waals surface area contributed by atoms with E-state index >= 15 is 0 Å². The molecule has 0 aromatic heterocycles. The third kappa shape index (κ3) is 10.2. The van der Waals surface area contributed by atoms with Crippen molar-refractivity contribution >= 4 is 15.6 Å². The second-order valence-electron chi connectivity index (χ2n) is 18.3. The number of aryl methyl sites for hydroxylation is 8. The quantitative estimate of drug-likeness (QED) is 0.0999. The summed E-state index contributed by atoms with van der Waals surface area (Å²) < 4.78 is 67.2. The van der Waals surface area contributed by atoms with Gasteiger partial charge in [-0.25, -0.2) is 0 Å². The molecule has 0 saturated heterocycles. The molecule has 1 atom stereocenters. The van der Waals surface area contributed by atoms with Gasteiger partial charge in [-0.05, 0) is 166 Å². The molecule has 1 aliphatic carbocycles. The zero-order valence-corrected chi connectivity index (χ0v) is 40.2. The molecule has 0 radical (unpaired) electrons. The molecule has 0 bridgehead atoms. The molecule has 6 aromatic rings. The fourth-order valence-electron chi connectivity index (χ4n) is 9.44. The first-order chi connectivity index (χ1) is 29.8. The van der Waals surface area contributed by atoms with Crippen molar-refractivity contribution in [2.75, 3.05) is 0 Å². The number of phosphoric ester groups is 2. The summed E-state index contributed by atoms with van der Waals surface area (Å²) in [6.07, 6.45) is 2.85. The van der Waals surface area contributed by atoms with Crippen LogP contribution in [0.25, 0.3) is 0 Å². The minimum atomic E-state index is -4.28. The van der Waals surface area contributed by atoms with Crippen LogP contribution in [-0.2, 0) is 14.5 Å². The molecule has 0 amide bonds. The Labute approximate surface area is 374 Å². The highest BCUT2D eigenvalue weighted by molar-refractivity contribution is 7.50. The van der Waals surface area contributed by atoms with Gasteiger partial charge in [-0.3, -0.25) is 0 Å². The van der Waals surface area contributed by atoms with Crippen molar-refractivity contribution in [1.29, 1.82) is 0 Å². The number of rotatable bonds is 14. The number of para-hydroxylation sites is 4. The van der Waals surface area contributed by atoms with Crippen molar-refractivity contribution in [2.45, 2.75) is 101 Å². The van der Waals surface area contributed by atoms with Gasteiger partial charge in [0, 0.05) is 5.41 Å². The van der Waals surface area contributed by atoms with Crippen LogP contribution in [0.1, 0.15) is 95.7 Å². The van der Waals surface area contributed by atoms with E-state index in [1.807, 2.05) is 152 Å². The fraction of sp³-hybridized carbons (Fsp3) is 0.321. The smallest absolute Gasteiger partial charge is 0.386 e. The highest BCUT2D eigenvalue weighted by Crippen LogP contribution is 2.57. The predicted molar refractivity (Wildman–Crippen MR) is 253 cm³/mol. The molecular formula is C53H60O8P2. The first-order valence-corrected chi connectivity index (χ1v) is 24.5. The van der Waals surface area contributed by atoms with E-state index < -0.39 is 21.1 Å². The molecule has 8 nitrogen and oxygen atoms in total. The monoisotopic (exact) mass is 886 g/mol. The predicted octanol–water partition coefficient (Wildman–Crippen LogP) is 15.6. The molecule has 0 heterocycles.